The molecular formula is C11H10FN3O2S. The molecule has 2 rings (SSSR count). The maximum Gasteiger partial charge on any atom is 0.272 e. The second-order valence-electron chi connectivity index (χ2n) is 3.66. The van der Waals surface area contributed by atoms with Gasteiger partial charge in [-0.25, -0.2) is 9.37 Å². The lowest BCUT2D eigenvalue weighted by Gasteiger charge is -2.13. The van der Waals surface area contributed by atoms with E-state index in [9.17, 15) is 14.5 Å². The van der Waals surface area contributed by atoms with Crippen LogP contribution < -0.4 is 5.32 Å². The number of nitro groups is 1. The molecule has 0 radical (unpaired) electrons. The summed E-state index contributed by atoms with van der Waals surface area (Å²) in [5, 5.41) is 16.1. The Kier molecular flexibility index (Phi) is 3.52. The lowest BCUT2D eigenvalue weighted by atomic mass is 10.2. The second-order valence-corrected chi connectivity index (χ2v) is 4.58. The highest BCUT2D eigenvalue weighted by molar-refractivity contribution is 7.09. The fraction of sp³-hybridized carbons (Fsp3) is 0.182. The van der Waals surface area contributed by atoms with Gasteiger partial charge in [-0.3, -0.25) is 10.1 Å². The van der Waals surface area contributed by atoms with Crippen molar-refractivity contribution in [3.8, 4) is 0 Å². The van der Waals surface area contributed by atoms with Crippen LogP contribution in [-0.4, -0.2) is 9.91 Å². The summed E-state index contributed by atoms with van der Waals surface area (Å²) < 4.78 is 13.6. The molecule has 0 aliphatic heterocycles. The van der Waals surface area contributed by atoms with Crippen LogP contribution >= 0.6 is 11.3 Å². The number of nitro benzene ring substituents is 1. The largest absolute Gasteiger partial charge is 0.374 e. The summed E-state index contributed by atoms with van der Waals surface area (Å²) in [5.74, 6) is -0.646. The van der Waals surface area contributed by atoms with Crippen molar-refractivity contribution < 1.29 is 9.31 Å². The van der Waals surface area contributed by atoms with Gasteiger partial charge in [-0.2, -0.15) is 0 Å². The molecule has 0 saturated carbocycles. The topological polar surface area (TPSA) is 68.1 Å². The van der Waals surface area contributed by atoms with Gasteiger partial charge in [0.2, 0.25) is 0 Å². The summed E-state index contributed by atoms with van der Waals surface area (Å²) in [6.07, 6.45) is 1.67. The number of thiazole rings is 1. The van der Waals surface area contributed by atoms with E-state index in [4.69, 9.17) is 0 Å². The van der Waals surface area contributed by atoms with Crippen LogP contribution in [0.4, 0.5) is 15.8 Å². The number of hydrogen-bond donors (Lipinski definition) is 1. The molecule has 0 spiro atoms. The van der Waals surface area contributed by atoms with Crippen molar-refractivity contribution in [3.63, 3.8) is 0 Å². The zero-order valence-corrected chi connectivity index (χ0v) is 10.3. The third-order valence-electron chi connectivity index (χ3n) is 2.36. The van der Waals surface area contributed by atoms with Gasteiger partial charge in [0.15, 0.2) is 5.82 Å². The standard InChI is InChI=1S/C11H10FN3O2S/c1-7(11-13-4-5-18-11)14-10-3-2-8(15(16)17)6-9(10)12/h2-7,14H,1H3. The minimum Gasteiger partial charge on any atom is -0.374 e. The molecule has 2 aromatic rings. The van der Waals surface area contributed by atoms with E-state index in [1.807, 2.05) is 12.3 Å². The fourth-order valence-electron chi connectivity index (χ4n) is 1.48. The fourth-order valence-corrected chi connectivity index (χ4v) is 2.12. The second kappa shape index (κ2) is 5.09. The first-order valence-electron chi connectivity index (χ1n) is 5.18. The SMILES string of the molecule is CC(Nc1ccc([N+](=O)[O-])cc1F)c1nccs1. The third kappa shape index (κ3) is 2.62. The van der Waals surface area contributed by atoms with Gasteiger partial charge in [0.1, 0.15) is 5.01 Å². The number of benzene rings is 1. The average molecular weight is 267 g/mol. The first-order valence-corrected chi connectivity index (χ1v) is 6.06. The van der Waals surface area contributed by atoms with E-state index in [1.165, 1.54) is 23.5 Å². The number of hydrogen-bond acceptors (Lipinski definition) is 5. The minimum atomic E-state index is -0.646. The highest BCUT2D eigenvalue weighted by Gasteiger charge is 2.14. The first kappa shape index (κ1) is 12.4. The van der Waals surface area contributed by atoms with Crippen molar-refractivity contribution in [2.45, 2.75) is 13.0 Å². The number of anilines is 1. The third-order valence-corrected chi connectivity index (χ3v) is 3.32. The predicted octanol–water partition coefficient (Wildman–Crippen LogP) is 3.36. The van der Waals surface area contributed by atoms with Crippen molar-refractivity contribution in [3.05, 3.63) is 50.7 Å². The average Bonchev–Trinajstić information content (AvgIpc) is 2.85. The van der Waals surface area contributed by atoms with Crippen LogP contribution in [0.1, 0.15) is 18.0 Å². The molecule has 94 valence electrons. The lowest BCUT2D eigenvalue weighted by molar-refractivity contribution is -0.385. The van der Waals surface area contributed by atoms with E-state index >= 15 is 0 Å². The molecule has 1 heterocycles. The maximum atomic E-state index is 13.6. The summed E-state index contributed by atoms with van der Waals surface area (Å²) in [6, 6.07) is 3.37. The summed E-state index contributed by atoms with van der Waals surface area (Å²) in [6.45, 7) is 1.85. The number of aromatic nitrogens is 1. The van der Waals surface area contributed by atoms with Gasteiger partial charge < -0.3 is 5.32 Å². The molecule has 0 amide bonds. The van der Waals surface area contributed by atoms with Crippen LogP contribution in [-0.2, 0) is 0 Å². The zero-order chi connectivity index (χ0) is 13.1. The molecule has 0 saturated heterocycles. The molecular weight excluding hydrogens is 257 g/mol. The number of rotatable bonds is 4. The molecule has 1 atom stereocenters. The number of non-ortho nitro benzene ring substituents is 1. The number of halogens is 1. The molecule has 1 aromatic heterocycles. The molecule has 0 fully saturated rings. The highest BCUT2D eigenvalue weighted by atomic mass is 32.1. The van der Waals surface area contributed by atoms with Gasteiger partial charge in [-0.1, -0.05) is 0 Å². The Labute approximate surface area is 106 Å². The Bertz CT molecular complexity index is 559. The van der Waals surface area contributed by atoms with Gasteiger partial charge >= 0.3 is 0 Å². The Morgan fingerprint density at radius 1 is 1.56 bits per heavy atom. The molecule has 1 N–H and O–H groups in total. The lowest BCUT2D eigenvalue weighted by Crippen LogP contribution is -2.07. The van der Waals surface area contributed by atoms with E-state index in [1.54, 1.807) is 6.20 Å². The summed E-state index contributed by atoms with van der Waals surface area (Å²) in [5.41, 5.74) is -0.0387. The van der Waals surface area contributed by atoms with Crippen LogP contribution in [0.25, 0.3) is 0 Å². The van der Waals surface area contributed by atoms with Crippen LogP contribution in [0.15, 0.2) is 29.8 Å². The summed E-state index contributed by atoms with van der Waals surface area (Å²) in [7, 11) is 0. The molecule has 7 heteroatoms. The number of nitrogens with one attached hydrogen (secondary N) is 1. The van der Waals surface area contributed by atoms with Gasteiger partial charge in [0.25, 0.3) is 5.69 Å². The monoisotopic (exact) mass is 267 g/mol. The van der Waals surface area contributed by atoms with Crippen LogP contribution in [0.3, 0.4) is 0 Å². The van der Waals surface area contributed by atoms with E-state index in [0.717, 1.165) is 11.1 Å². The van der Waals surface area contributed by atoms with Crippen LogP contribution in [0, 0.1) is 15.9 Å². The molecule has 1 aromatic carbocycles. The molecule has 0 aliphatic rings. The summed E-state index contributed by atoms with van der Waals surface area (Å²) >= 11 is 1.46. The Morgan fingerprint density at radius 3 is 2.89 bits per heavy atom. The predicted molar refractivity (Wildman–Crippen MR) is 67.2 cm³/mol. The molecule has 18 heavy (non-hydrogen) atoms. The van der Waals surface area contributed by atoms with Crippen molar-refractivity contribution in [1.29, 1.82) is 0 Å². The van der Waals surface area contributed by atoms with E-state index in [2.05, 4.69) is 10.3 Å². The van der Waals surface area contributed by atoms with Crippen molar-refractivity contribution >= 4 is 22.7 Å². The molecule has 5 nitrogen and oxygen atoms in total. The van der Waals surface area contributed by atoms with Crippen molar-refractivity contribution in [1.82, 2.24) is 4.98 Å². The summed E-state index contributed by atoms with van der Waals surface area (Å²) in [4.78, 5) is 14.0. The molecule has 1 unspecified atom stereocenters. The molecule has 0 aliphatic carbocycles. The van der Waals surface area contributed by atoms with Crippen molar-refractivity contribution in [2.24, 2.45) is 0 Å². The van der Waals surface area contributed by atoms with Gasteiger partial charge in [-0.05, 0) is 13.0 Å². The van der Waals surface area contributed by atoms with Crippen molar-refractivity contribution in [2.75, 3.05) is 5.32 Å². The first-order chi connectivity index (χ1) is 8.58. The highest BCUT2D eigenvalue weighted by Crippen LogP contribution is 2.25. The number of nitrogens with zero attached hydrogens (tertiary/aromatic N) is 2. The van der Waals surface area contributed by atoms with E-state index in [0.29, 0.717) is 0 Å². The Balaban J connectivity index is 2.17. The normalized spacial score (nSPS) is 12.1. The Morgan fingerprint density at radius 2 is 2.33 bits per heavy atom. The van der Waals surface area contributed by atoms with Gasteiger partial charge in [0, 0.05) is 17.6 Å². The van der Waals surface area contributed by atoms with E-state index < -0.39 is 10.7 Å². The minimum absolute atomic E-state index is 0.152. The van der Waals surface area contributed by atoms with Gasteiger partial charge in [0.05, 0.1) is 22.7 Å². The van der Waals surface area contributed by atoms with Crippen LogP contribution in [0.2, 0.25) is 0 Å². The maximum absolute atomic E-state index is 13.6. The quantitative estimate of drug-likeness (QED) is 0.681. The van der Waals surface area contributed by atoms with Crippen LogP contribution in [0.5, 0.6) is 0 Å². The van der Waals surface area contributed by atoms with E-state index in [-0.39, 0.29) is 17.4 Å². The Hall–Kier alpha value is -2.02. The van der Waals surface area contributed by atoms with Gasteiger partial charge in [-0.15, -0.1) is 11.3 Å². The molecule has 0 bridgehead atoms. The smallest absolute Gasteiger partial charge is 0.272 e. The zero-order valence-electron chi connectivity index (χ0n) is 9.46.